The van der Waals surface area contributed by atoms with E-state index in [1.807, 2.05) is 48.5 Å². The van der Waals surface area contributed by atoms with Gasteiger partial charge < -0.3 is 20.1 Å². The highest BCUT2D eigenvalue weighted by molar-refractivity contribution is 6.30. The number of hydrogen-bond donors (Lipinski definition) is 2. The highest BCUT2D eigenvalue weighted by Gasteiger charge is 2.07. The molecule has 140 valence electrons. The molecule has 0 aliphatic heterocycles. The summed E-state index contributed by atoms with van der Waals surface area (Å²) in [5.41, 5.74) is 1.94. The number of anilines is 3. The number of nitrogens with zero attached hydrogens (tertiary/aromatic N) is 2. The van der Waals surface area contributed by atoms with Gasteiger partial charge in [0.15, 0.2) is 0 Å². The van der Waals surface area contributed by atoms with E-state index >= 15 is 0 Å². The normalized spacial score (nSPS) is 10.3. The zero-order valence-electron chi connectivity index (χ0n) is 15.2. The van der Waals surface area contributed by atoms with Gasteiger partial charge in [-0.15, -0.1) is 0 Å². The number of benzene rings is 2. The fraction of sp³-hybridized carbons (Fsp3) is 0.200. The van der Waals surface area contributed by atoms with E-state index in [2.05, 4.69) is 20.6 Å². The summed E-state index contributed by atoms with van der Waals surface area (Å²) in [6.45, 7) is 0.751. The molecule has 0 aliphatic rings. The van der Waals surface area contributed by atoms with Gasteiger partial charge in [0.25, 0.3) is 0 Å². The van der Waals surface area contributed by atoms with Crippen molar-refractivity contribution in [3.05, 3.63) is 65.3 Å². The van der Waals surface area contributed by atoms with Crippen molar-refractivity contribution in [3.63, 3.8) is 0 Å². The van der Waals surface area contributed by atoms with Crippen molar-refractivity contribution < 1.29 is 9.47 Å². The van der Waals surface area contributed by atoms with E-state index < -0.39 is 0 Å². The molecule has 3 aromatic rings. The summed E-state index contributed by atoms with van der Waals surface area (Å²) in [7, 11) is 3.23. The first-order chi connectivity index (χ1) is 13.2. The molecular formula is C20H21ClN4O2. The summed E-state index contributed by atoms with van der Waals surface area (Å²) in [5, 5.41) is 7.22. The molecule has 3 rings (SSSR count). The monoisotopic (exact) mass is 384 g/mol. The lowest BCUT2D eigenvalue weighted by Crippen LogP contribution is -2.08. The first kappa shape index (κ1) is 18.8. The third-order valence-corrected chi connectivity index (χ3v) is 4.19. The average molecular weight is 385 g/mol. The number of hydrogen-bond acceptors (Lipinski definition) is 6. The molecular weight excluding hydrogens is 364 g/mol. The van der Waals surface area contributed by atoms with E-state index in [1.54, 1.807) is 20.4 Å². The molecule has 0 amide bonds. The summed E-state index contributed by atoms with van der Waals surface area (Å²) in [4.78, 5) is 8.76. The van der Waals surface area contributed by atoms with Crippen LogP contribution >= 0.6 is 11.6 Å². The molecule has 0 aliphatic carbocycles. The molecule has 0 bridgehead atoms. The third kappa shape index (κ3) is 5.24. The van der Waals surface area contributed by atoms with Crippen molar-refractivity contribution in [2.24, 2.45) is 0 Å². The SMILES string of the molecule is COc1ccc(OC)c(Nc2nccc(NCCc3ccc(Cl)cc3)n2)c1. The minimum Gasteiger partial charge on any atom is -0.497 e. The van der Waals surface area contributed by atoms with Crippen LogP contribution in [0.4, 0.5) is 17.5 Å². The lowest BCUT2D eigenvalue weighted by atomic mass is 10.1. The van der Waals surface area contributed by atoms with Crippen molar-refractivity contribution >= 4 is 29.1 Å². The van der Waals surface area contributed by atoms with Crippen molar-refractivity contribution in [3.8, 4) is 11.5 Å². The molecule has 1 aromatic heterocycles. The molecule has 0 spiro atoms. The minimum absolute atomic E-state index is 0.470. The number of halogens is 1. The van der Waals surface area contributed by atoms with Crippen LogP contribution in [0.3, 0.4) is 0 Å². The second-order valence-corrected chi connectivity index (χ2v) is 6.20. The summed E-state index contributed by atoms with van der Waals surface area (Å²) in [6, 6.07) is 15.2. The molecule has 6 nitrogen and oxygen atoms in total. The molecule has 7 heteroatoms. The Morgan fingerprint density at radius 3 is 2.56 bits per heavy atom. The quantitative estimate of drug-likeness (QED) is 0.594. The first-order valence-corrected chi connectivity index (χ1v) is 8.86. The number of methoxy groups -OCH3 is 2. The van der Waals surface area contributed by atoms with Gasteiger partial charge in [-0.05, 0) is 42.3 Å². The Bertz CT molecular complexity index is 887. The van der Waals surface area contributed by atoms with Crippen LogP contribution in [0.1, 0.15) is 5.56 Å². The van der Waals surface area contributed by atoms with Gasteiger partial charge in [0, 0.05) is 23.8 Å². The van der Waals surface area contributed by atoms with Crippen LogP contribution in [-0.2, 0) is 6.42 Å². The summed E-state index contributed by atoms with van der Waals surface area (Å²) < 4.78 is 10.6. The number of rotatable bonds is 8. The predicted octanol–water partition coefficient (Wildman–Crippen LogP) is 4.55. The highest BCUT2D eigenvalue weighted by Crippen LogP contribution is 2.30. The van der Waals surface area contributed by atoms with Crippen molar-refractivity contribution in [1.29, 1.82) is 0 Å². The summed E-state index contributed by atoms with van der Waals surface area (Å²) in [6.07, 6.45) is 2.57. The van der Waals surface area contributed by atoms with Gasteiger partial charge in [-0.2, -0.15) is 4.98 Å². The molecule has 0 unspecified atom stereocenters. The van der Waals surface area contributed by atoms with Gasteiger partial charge in [-0.1, -0.05) is 23.7 Å². The van der Waals surface area contributed by atoms with Gasteiger partial charge in [0.1, 0.15) is 17.3 Å². The molecule has 0 radical (unpaired) electrons. The Labute approximate surface area is 163 Å². The molecule has 2 aromatic carbocycles. The van der Waals surface area contributed by atoms with Crippen LogP contribution in [0.5, 0.6) is 11.5 Å². The van der Waals surface area contributed by atoms with Gasteiger partial charge in [0.05, 0.1) is 19.9 Å². The topological polar surface area (TPSA) is 68.3 Å². The Morgan fingerprint density at radius 1 is 1.00 bits per heavy atom. The maximum absolute atomic E-state index is 5.91. The van der Waals surface area contributed by atoms with E-state index in [0.29, 0.717) is 11.7 Å². The molecule has 27 heavy (non-hydrogen) atoms. The van der Waals surface area contributed by atoms with E-state index in [1.165, 1.54) is 5.56 Å². The molecule has 0 fully saturated rings. The lowest BCUT2D eigenvalue weighted by molar-refractivity contribution is 0.405. The Balaban J connectivity index is 1.64. The van der Waals surface area contributed by atoms with Crippen LogP contribution in [-0.4, -0.2) is 30.7 Å². The second kappa shape index (κ2) is 9.09. The zero-order valence-corrected chi connectivity index (χ0v) is 16.0. The smallest absolute Gasteiger partial charge is 0.229 e. The maximum Gasteiger partial charge on any atom is 0.229 e. The Hall–Kier alpha value is -2.99. The first-order valence-electron chi connectivity index (χ1n) is 8.48. The predicted molar refractivity (Wildman–Crippen MR) is 109 cm³/mol. The van der Waals surface area contributed by atoms with Gasteiger partial charge >= 0.3 is 0 Å². The molecule has 2 N–H and O–H groups in total. The fourth-order valence-electron chi connectivity index (χ4n) is 2.54. The van der Waals surface area contributed by atoms with Crippen molar-refractivity contribution in [2.75, 3.05) is 31.4 Å². The van der Waals surface area contributed by atoms with E-state index in [4.69, 9.17) is 21.1 Å². The third-order valence-electron chi connectivity index (χ3n) is 3.94. The van der Waals surface area contributed by atoms with Crippen molar-refractivity contribution in [2.45, 2.75) is 6.42 Å². The maximum atomic E-state index is 5.91. The van der Waals surface area contributed by atoms with E-state index in [-0.39, 0.29) is 0 Å². The van der Waals surface area contributed by atoms with Crippen LogP contribution in [0.2, 0.25) is 5.02 Å². The zero-order chi connectivity index (χ0) is 19.1. The number of nitrogens with one attached hydrogen (secondary N) is 2. The minimum atomic E-state index is 0.470. The van der Waals surface area contributed by atoms with E-state index in [0.717, 1.165) is 35.2 Å². The largest absolute Gasteiger partial charge is 0.497 e. The number of ether oxygens (including phenoxy) is 2. The molecule has 0 atom stereocenters. The van der Waals surface area contributed by atoms with Gasteiger partial charge in [-0.25, -0.2) is 4.98 Å². The fourth-order valence-corrected chi connectivity index (χ4v) is 2.66. The Kier molecular flexibility index (Phi) is 6.33. The van der Waals surface area contributed by atoms with Crippen molar-refractivity contribution in [1.82, 2.24) is 9.97 Å². The standard InChI is InChI=1S/C20H21ClN4O2/c1-26-16-7-8-18(27-2)17(13-16)24-20-23-12-10-19(25-20)22-11-9-14-3-5-15(21)6-4-14/h3-8,10,12-13H,9,11H2,1-2H3,(H2,22,23,24,25). The van der Waals surface area contributed by atoms with Gasteiger partial charge in [0.2, 0.25) is 5.95 Å². The Morgan fingerprint density at radius 2 is 1.81 bits per heavy atom. The molecule has 0 saturated carbocycles. The summed E-state index contributed by atoms with van der Waals surface area (Å²) in [5.74, 6) is 2.61. The summed E-state index contributed by atoms with van der Waals surface area (Å²) >= 11 is 5.91. The van der Waals surface area contributed by atoms with Crippen LogP contribution < -0.4 is 20.1 Å². The lowest BCUT2D eigenvalue weighted by Gasteiger charge is -2.12. The van der Waals surface area contributed by atoms with Crippen LogP contribution in [0.25, 0.3) is 0 Å². The van der Waals surface area contributed by atoms with Crippen LogP contribution in [0, 0.1) is 0 Å². The van der Waals surface area contributed by atoms with Gasteiger partial charge in [-0.3, -0.25) is 0 Å². The molecule has 0 saturated heterocycles. The van der Waals surface area contributed by atoms with E-state index in [9.17, 15) is 0 Å². The highest BCUT2D eigenvalue weighted by atomic mass is 35.5. The second-order valence-electron chi connectivity index (χ2n) is 5.76. The number of aromatic nitrogens is 2. The average Bonchev–Trinajstić information content (AvgIpc) is 2.70. The van der Waals surface area contributed by atoms with Crippen LogP contribution in [0.15, 0.2) is 54.7 Å². The molecule has 1 heterocycles.